The number of nitrogens with zero attached hydrogens (tertiary/aromatic N) is 3. The van der Waals surface area contributed by atoms with E-state index in [4.69, 9.17) is 5.73 Å². The minimum Gasteiger partial charge on any atom is -0.368 e. The summed E-state index contributed by atoms with van der Waals surface area (Å²) in [4.78, 5) is 30.7. The number of aromatic nitrogens is 1. The molecular weight excluding hydrogens is 336 g/mol. The summed E-state index contributed by atoms with van der Waals surface area (Å²) in [5, 5.41) is 1.72. The number of thioether (sulfide) groups is 1. The van der Waals surface area contributed by atoms with Crippen LogP contribution < -0.4 is 5.73 Å². The molecule has 0 spiro atoms. The van der Waals surface area contributed by atoms with Crippen molar-refractivity contribution in [3.63, 3.8) is 0 Å². The Morgan fingerprint density at radius 3 is 2.76 bits per heavy atom. The first-order valence-electron chi connectivity index (χ1n) is 8.17. The number of aliphatic imine (C=N–C) groups is 1. The lowest BCUT2D eigenvalue weighted by atomic mass is 10.1. The second-order valence-corrected chi connectivity index (χ2v) is 6.62. The molecule has 0 bridgehead atoms. The number of rotatable bonds is 5. The van der Waals surface area contributed by atoms with Crippen LogP contribution in [-0.4, -0.2) is 39.5 Å². The molecule has 7 heteroatoms. The van der Waals surface area contributed by atoms with Crippen LogP contribution in [0, 0.1) is 0 Å². The van der Waals surface area contributed by atoms with Gasteiger partial charge in [0.2, 0.25) is 5.91 Å². The van der Waals surface area contributed by atoms with Gasteiger partial charge in [-0.15, -0.1) is 0 Å². The second kappa shape index (κ2) is 7.14. The minimum atomic E-state index is -0.402. The number of hydrogen-bond donors (Lipinski definition) is 1. The lowest BCUT2D eigenvalue weighted by molar-refractivity contribution is -0.122. The highest BCUT2D eigenvalue weighted by Gasteiger charge is 2.32. The minimum absolute atomic E-state index is 0.0357. The number of benzene rings is 1. The highest BCUT2D eigenvalue weighted by atomic mass is 32.2. The van der Waals surface area contributed by atoms with Gasteiger partial charge < -0.3 is 10.3 Å². The van der Waals surface area contributed by atoms with Gasteiger partial charge in [0, 0.05) is 35.8 Å². The predicted molar refractivity (Wildman–Crippen MR) is 102 cm³/mol. The number of primary amides is 1. The fourth-order valence-electron chi connectivity index (χ4n) is 2.87. The van der Waals surface area contributed by atoms with E-state index < -0.39 is 5.91 Å². The van der Waals surface area contributed by atoms with Crippen molar-refractivity contribution in [2.75, 3.05) is 13.1 Å². The SMILES string of the molecule is CCN=C1S/C(=C\c2cn(CC(N)=O)c3ccccc23)C(=O)N1CC. The molecule has 0 radical (unpaired) electrons. The summed E-state index contributed by atoms with van der Waals surface area (Å²) in [6, 6.07) is 7.76. The highest BCUT2D eigenvalue weighted by molar-refractivity contribution is 8.18. The van der Waals surface area contributed by atoms with E-state index in [0.29, 0.717) is 18.0 Å². The Morgan fingerprint density at radius 2 is 2.08 bits per heavy atom. The second-order valence-electron chi connectivity index (χ2n) is 5.61. The summed E-state index contributed by atoms with van der Waals surface area (Å²) in [5.74, 6) is -0.438. The molecule has 25 heavy (non-hydrogen) atoms. The van der Waals surface area contributed by atoms with Crippen molar-refractivity contribution in [1.29, 1.82) is 0 Å². The molecule has 0 atom stereocenters. The van der Waals surface area contributed by atoms with Crippen molar-refractivity contribution >= 4 is 45.7 Å². The van der Waals surface area contributed by atoms with E-state index in [1.165, 1.54) is 11.8 Å². The highest BCUT2D eigenvalue weighted by Crippen LogP contribution is 2.34. The molecule has 2 amide bonds. The zero-order valence-electron chi connectivity index (χ0n) is 14.2. The van der Waals surface area contributed by atoms with Gasteiger partial charge in [0.05, 0.1) is 4.91 Å². The Bertz CT molecular complexity index is 898. The maximum absolute atomic E-state index is 12.6. The number of para-hydroxylation sites is 1. The molecule has 6 nitrogen and oxygen atoms in total. The first kappa shape index (κ1) is 17.3. The summed E-state index contributed by atoms with van der Waals surface area (Å²) in [6.45, 7) is 5.22. The molecule has 0 unspecified atom stereocenters. The first-order valence-corrected chi connectivity index (χ1v) is 8.98. The van der Waals surface area contributed by atoms with Crippen LogP contribution >= 0.6 is 11.8 Å². The van der Waals surface area contributed by atoms with Crippen LogP contribution in [0.4, 0.5) is 0 Å². The Hall–Kier alpha value is -2.54. The van der Waals surface area contributed by atoms with Gasteiger partial charge in [-0.3, -0.25) is 19.5 Å². The third-order valence-corrected chi connectivity index (χ3v) is 4.97. The molecule has 0 aliphatic carbocycles. The van der Waals surface area contributed by atoms with E-state index in [9.17, 15) is 9.59 Å². The van der Waals surface area contributed by atoms with Crippen molar-refractivity contribution in [3.8, 4) is 0 Å². The Morgan fingerprint density at radius 1 is 1.32 bits per heavy atom. The van der Waals surface area contributed by atoms with Gasteiger partial charge in [-0.1, -0.05) is 18.2 Å². The molecule has 1 fully saturated rings. The molecule has 3 rings (SSSR count). The van der Waals surface area contributed by atoms with E-state index in [-0.39, 0.29) is 12.5 Å². The average molecular weight is 356 g/mol. The smallest absolute Gasteiger partial charge is 0.266 e. The van der Waals surface area contributed by atoms with Gasteiger partial charge in [-0.25, -0.2) is 0 Å². The fraction of sp³-hybridized carbons (Fsp3) is 0.278. The maximum Gasteiger partial charge on any atom is 0.266 e. The third-order valence-electron chi connectivity index (χ3n) is 3.93. The lowest BCUT2D eigenvalue weighted by Gasteiger charge is -2.11. The molecule has 1 aliphatic rings. The van der Waals surface area contributed by atoms with E-state index in [1.807, 2.05) is 55.0 Å². The van der Waals surface area contributed by atoms with Gasteiger partial charge in [0.1, 0.15) is 6.54 Å². The molecule has 2 N–H and O–H groups in total. The molecule has 2 aromatic rings. The van der Waals surface area contributed by atoms with Gasteiger partial charge in [0.15, 0.2) is 5.17 Å². The molecule has 2 heterocycles. The Balaban J connectivity index is 2.05. The monoisotopic (exact) mass is 356 g/mol. The van der Waals surface area contributed by atoms with Crippen LogP contribution in [0.3, 0.4) is 0 Å². The van der Waals surface area contributed by atoms with Crippen molar-refractivity contribution < 1.29 is 9.59 Å². The third kappa shape index (κ3) is 3.32. The quantitative estimate of drug-likeness (QED) is 0.836. The van der Waals surface area contributed by atoms with Gasteiger partial charge in [-0.05, 0) is 37.8 Å². The fourth-order valence-corrected chi connectivity index (χ4v) is 3.97. The zero-order valence-corrected chi connectivity index (χ0v) is 15.0. The summed E-state index contributed by atoms with van der Waals surface area (Å²) in [6.07, 6.45) is 3.73. The van der Waals surface area contributed by atoms with E-state index in [2.05, 4.69) is 4.99 Å². The number of nitrogens with two attached hydrogens (primary N) is 1. The normalized spacial score (nSPS) is 18.0. The molecule has 1 aromatic heterocycles. The molecule has 1 aromatic carbocycles. The summed E-state index contributed by atoms with van der Waals surface area (Å²) >= 11 is 1.39. The zero-order chi connectivity index (χ0) is 18.0. The largest absolute Gasteiger partial charge is 0.368 e. The summed E-state index contributed by atoms with van der Waals surface area (Å²) in [7, 11) is 0. The van der Waals surface area contributed by atoms with Gasteiger partial charge in [-0.2, -0.15) is 0 Å². The number of carbonyl (C=O) groups excluding carboxylic acids is 2. The Kier molecular flexibility index (Phi) is 4.94. The molecule has 1 aliphatic heterocycles. The molecular formula is C18H20N4O2S. The van der Waals surface area contributed by atoms with E-state index >= 15 is 0 Å². The number of carbonyl (C=O) groups is 2. The summed E-state index contributed by atoms with van der Waals surface area (Å²) < 4.78 is 1.81. The standard InChI is InChI=1S/C18H20N4O2S/c1-3-20-18-22(4-2)17(24)15(25-18)9-12-10-21(11-16(19)23)14-8-6-5-7-13(12)14/h5-10H,3-4,11H2,1-2H3,(H2,19,23)/b15-9-,20-18?. The molecule has 0 saturated carbocycles. The van der Waals surface area contributed by atoms with Crippen molar-refractivity contribution in [1.82, 2.24) is 9.47 Å². The molecule has 130 valence electrons. The van der Waals surface area contributed by atoms with Crippen LogP contribution in [0.15, 0.2) is 40.4 Å². The number of fused-ring (bicyclic) bond motifs is 1. The lowest BCUT2D eigenvalue weighted by Crippen LogP contribution is -2.28. The Labute approximate surface area is 150 Å². The first-order chi connectivity index (χ1) is 12.0. The predicted octanol–water partition coefficient (Wildman–Crippen LogP) is 2.44. The van der Waals surface area contributed by atoms with Gasteiger partial charge in [0.25, 0.3) is 5.91 Å². The number of likely N-dealkylation sites (N-methyl/N-ethyl adjacent to an activating group) is 1. The van der Waals surface area contributed by atoms with Crippen molar-refractivity contribution in [2.24, 2.45) is 10.7 Å². The number of amides is 2. The molecule has 1 saturated heterocycles. The van der Waals surface area contributed by atoms with Crippen LogP contribution in [-0.2, 0) is 16.1 Å². The van der Waals surface area contributed by atoms with Crippen LogP contribution in [0.1, 0.15) is 19.4 Å². The number of amidine groups is 1. The average Bonchev–Trinajstić information content (AvgIpc) is 3.06. The van der Waals surface area contributed by atoms with E-state index in [0.717, 1.165) is 21.6 Å². The van der Waals surface area contributed by atoms with Crippen LogP contribution in [0.25, 0.3) is 17.0 Å². The maximum atomic E-state index is 12.6. The number of hydrogen-bond acceptors (Lipinski definition) is 4. The topological polar surface area (TPSA) is 80.7 Å². The van der Waals surface area contributed by atoms with Crippen molar-refractivity contribution in [3.05, 3.63) is 40.9 Å². The van der Waals surface area contributed by atoms with Crippen LogP contribution in [0.5, 0.6) is 0 Å². The van der Waals surface area contributed by atoms with Crippen LogP contribution in [0.2, 0.25) is 0 Å². The van der Waals surface area contributed by atoms with E-state index in [1.54, 1.807) is 4.90 Å². The van der Waals surface area contributed by atoms with Crippen molar-refractivity contribution in [2.45, 2.75) is 20.4 Å². The summed E-state index contributed by atoms with van der Waals surface area (Å²) in [5.41, 5.74) is 7.15. The van der Waals surface area contributed by atoms with Gasteiger partial charge >= 0.3 is 0 Å².